The third kappa shape index (κ3) is 42.9. The van der Waals surface area contributed by atoms with Crippen molar-refractivity contribution in [3.63, 3.8) is 0 Å². The summed E-state index contributed by atoms with van der Waals surface area (Å²) < 4.78 is 53.7. The summed E-state index contributed by atoms with van der Waals surface area (Å²) in [5.41, 5.74) is 39.4. The molecule has 3 fully saturated rings. The number of thioether (sulfide) groups is 7. The van der Waals surface area contributed by atoms with Crippen LogP contribution in [-0.4, -0.2) is 103 Å². The first kappa shape index (κ1) is 111. The molecule has 2 aliphatic heterocycles. The number of nitrogens with one attached hydrogen (secondary N) is 5. The summed E-state index contributed by atoms with van der Waals surface area (Å²) in [4.78, 5) is 58.3. The molecule has 8 aromatic rings. The minimum atomic E-state index is -0.831. The highest BCUT2D eigenvalue weighted by Gasteiger charge is 2.24. The summed E-state index contributed by atoms with van der Waals surface area (Å²) >= 11 is 34.8. The van der Waals surface area contributed by atoms with E-state index in [9.17, 15) is 31.9 Å². The first-order valence-corrected chi connectivity index (χ1v) is 54.3. The Labute approximate surface area is 843 Å². The van der Waals surface area contributed by atoms with Crippen LogP contribution in [0.1, 0.15) is 209 Å². The highest BCUT2D eigenvalue weighted by molar-refractivity contribution is 8.14. The molecule has 726 valence electrons. The minimum absolute atomic E-state index is 0.0584. The van der Waals surface area contributed by atoms with E-state index in [0.29, 0.717) is 93.2 Å². The lowest BCUT2D eigenvalue weighted by Gasteiger charge is -2.29. The number of aliphatic imine (C=N–C) groups is 4. The molecule has 3 aliphatic carbocycles. The monoisotopic (exact) mass is 2050 g/mol. The van der Waals surface area contributed by atoms with Crippen molar-refractivity contribution in [2.45, 2.75) is 214 Å². The number of rotatable bonds is 36. The second-order valence-electron chi connectivity index (χ2n) is 33.7. The average molecular weight is 2050 g/mol. The summed E-state index contributed by atoms with van der Waals surface area (Å²) in [5, 5.41) is 33.2. The molecule has 19 nitrogen and oxygen atoms in total. The van der Waals surface area contributed by atoms with E-state index in [1.54, 1.807) is 35.7 Å². The van der Waals surface area contributed by atoms with Gasteiger partial charge in [-0.1, -0.05) is 335 Å². The molecule has 0 radical (unpaired) electrons. The number of aryl methyl sites for hydroxylation is 1. The Kier molecular flexibility index (Phi) is 50.7. The Balaban J connectivity index is 0.000000196. The lowest BCUT2D eigenvalue weighted by atomic mass is 9.85. The molecular weight excluding hydrogens is 1930 g/mol. The second kappa shape index (κ2) is 61.7. The van der Waals surface area contributed by atoms with E-state index in [1.807, 2.05) is 110 Å². The number of carbonyl (C=O) groups excluding carboxylic acids is 3. The van der Waals surface area contributed by atoms with Crippen molar-refractivity contribution in [1.82, 2.24) is 20.4 Å². The molecule has 2 heterocycles. The Hall–Kier alpha value is -7.69. The molecule has 3 saturated carbocycles. The maximum atomic E-state index is 13.8. The fraction of sp³-hybridized carbons (Fsp3) is 0.426. The van der Waals surface area contributed by atoms with Crippen LogP contribution < -0.4 is 39.3 Å². The lowest BCUT2D eigenvalue weighted by molar-refractivity contribution is -0.119. The van der Waals surface area contributed by atoms with Crippen molar-refractivity contribution in [3.8, 4) is 0 Å². The molecule has 0 bridgehead atoms. The minimum Gasteiger partial charge on any atom is -0.379 e. The number of benzene rings is 8. The van der Waals surface area contributed by atoms with Crippen LogP contribution in [0.25, 0.3) is 0 Å². The number of nitrogens with two attached hydrogens (primary N) is 5. The van der Waals surface area contributed by atoms with Gasteiger partial charge >= 0.3 is 0 Å². The number of halogens is 8. The van der Waals surface area contributed by atoms with Crippen LogP contribution in [0.3, 0.4) is 0 Å². The summed E-state index contributed by atoms with van der Waals surface area (Å²) in [5.74, 6) is 4.56. The predicted octanol–water partition coefficient (Wildman–Crippen LogP) is 25.6. The van der Waals surface area contributed by atoms with Gasteiger partial charge in [-0.15, -0.1) is 0 Å². The van der Waals surface area contributed by atoms with Crippen LogP contribution in [0.2, 0.25) is 20.1 Å². The predicted molar refractivity (Wildman–Crippen MR) is 570 cm³/mol. The number of hydrogen-bond donors (Lipinski definition) is 10. The van der Waals surface area contributed by atoms with Gasteiger partial charge in [0.05, 0.1) is 46.8 Å². The number of amidine groups is 7. The van der Waals surface area contributed by atoms with E-state index in [0.717, 1.165) is 191 Å². The van der Waals surface area contributed by atoms with Gasteiger partial charge in [0, 0.05) is 104 Å². The largest absolute Gasteiger partial charge is 0.379 e. The second-order valence-corrected chi connectivity index (χ2v) is 42.3. The maximum Gasteiger partial charge on any atom is 0.159 e. The van der Waals surface area contributed by atoms with Gasteiger partial charge in [0.15, 0.2) is 47.8 Å². The fourth-order valence-electron chi connectivity index (χ4n) is 15.9. The zero-order valence-electron chi connectivity index (χ0n) is 76.6. The summed E-state index contributed by atoms with van der Waals surface area (Å²) in [7, 11) is 0. The van der Waals surface area contributed by atoms with E-state index < -0.39 is 23.3 Å². The van der Waals surface area contributed by atoms with E-state index in [2.05, 4.69) is 42.6 Å². The van der Waals surface area contributed by atoms with Gasteiger partial charge in [0.1, 0.15) is 40.4 Å². The van der Waals surface area contributed by atoms with Crippen molar-refractivity contribution in [3.05, 3.63) is 268 Å². The molecule has 0 amide bonds. The zero-order valence-corrected chi connectivity index (χ0v) is 85.3. The molecule has 0 spiro atoms. The molecular formula is C101H126Cl4F4N16O3S7. The first-order valence-electron chi connectivity index (χ1n) is 45.9. The van der Waals surface area contributed by atoms with Crippen LogP contribution in [0.5, 0.6) is 0 Å². The van der Waals surface area contributed by atoms with Crippen molar-refractivity contribution in [1.29, 1.82) is 16.2 Å². The summed E-state index contributed by atoms with van der Waals surface area (Å²) in [6.07, 6.45) is 29.7. The number of hydrogen-bond acceptors (Lipinski definition) is 21. The molecule has 8 aromatic carbocycles. The van der Waals surface area contributed by atoms with Crippen LogP contribution >= 0.6 is 129 Å². The number of nitrogens with zero attached hydrogens (tertiary/aromatic N) is 6. The lowest BCUT2D eigenvalue weighted by Crippen LogP contribution is -2.42. The van der Waals surface area contributed by atoms with Crippen molar-refractivity contribution < 1.29 is 31.9 Å². The topological polar surface area (TPSA) is 333 Å². The summed E-state index contributed by atoms with van der Waals surface area (Å²) in [6.45, 7) is 7.49. The first-order chi connectivity index (χ1) is 65.2. The average Bonchev–Trinajstić information content (AvgIpc) is 0.834. The van der Waals surface area contributed by atoms with Gasteiger partial charge < -0.3 is 39.3 Å². The highest BCUT2D eigenvalue weighted by atomic mass is 35.5. The van der Waals surface area contributed by atoms with Gasteiger partial charge in [0.2, 0.25) is 0 Å². The smallest absolute Gasteiger partial charge is 0.159 e. The van der Waals surface area contributed by atoms with Gasteiger partial charge in [0.25, 0.3) is 0 Å². The van der Waals surface area contributed by atoms with Crippen LogP contribution in [-0.2, 0) is 80.3 Å². The molecule has 0 aromatic heterocycles. The standard InChI is InChI=1S/C30H46Cl2N6S2.C22H16Cl2F4N4S2.C19H22N2OS.C18H26N2OS.C12H16N2OS/c31-27-15-25(17-39-29-33-19-37(20-34-29)13-11-23-7-3-1-4-8-23)26(16-28(27)32)18-40-30-35-21-38(22-36-30)14-12-24-9-5-2-6-10-24;23-15-5-11(9-33-21(29)31-19-3-1-13(25)7-17(19)27)12(6-16(15)24)10-34-22(30)32-20-4-2-14(26)8-18(20)28;20-19(21)23-14-17-11-5-4-10-16(17)13-18(22)12-6-9-15-7-2-1-3-8-15;19-18(20)22-13-16-9-5-4-8-15(16)12-17(21)11-10-14-6-2-1-3-7-14;1-2-11(15)7-9-5-3-4-6-10(9)8-16-12(13)14/h15-16,23-24H,1-14,17-22H2,(H,33,34)(H,35,36);1-8H,9-10H2,(H2,29,31)(H2,30,32);1-5,7-8,10-11H,6,9,12-14H2,(H3,20,21);4-5,8-9,14H,1-3,6-7,10-13H2,(H3,19,20);3-6H,2,7-8H2,1H3,(H3,13,14). The third-order valence-corrected chi connectivity index (χ3v) is 31.0. The van der Waals surface area contributed by atoms with Crippen LogP contribution in [0, 0.1) is 57.3 Å². The Morgan fingerprint density at radius 2 is 0.741 bits per heavy atom. The van der Waals surface area contributed by atoms with Gasteiger partial charge in [-0.05, 0) is 160 Å². The van der Waals surface area contributed by atoms with Gasteiger partial charge in [-0.2, -0.15) is 0 Å². The number of Topliss-reactive ketones (excluding diaryl/α,β-unsaturated/α-hetero) is 3. The Bertz CT molecular complexity index is 5110. The quantitative estimate of drug-likeness (QED) is 0.00991. The maximum absolute atomic E-state index is 13.8. The van der Waals surface area contributed by atoms with Crippen molar-refractivity contribution in [2.24, 2.45) is 66.4 Å². The number of carbonyl (C=O) groups is 3. The Morgan fingerprint density at radius 3 is 1.09 bits per heavy atom. The third-order valence-electron chi connectivity index (χ3n) is 23.5. The van der Waals surface area contributed by atoms with Crippen molar-refractivity contribution >= 4 is 194 Å². The van der Waals surface area contributed by atoms with E-state index in [1.165, 1.54) is 173 Å². The van der Waals surface area contributed by atoms with E-state index in [4.69, 9.17) is 101 Å². The summed E-state index contributed by atoms with van der Waals surface area (Å²) in [6, 6.07) is 47.3. The molecule has 13 rings (SSSR count). The molecule has 15 N–H and O–H groups in total. The molecule has 0 atom stereocenters. The van der Waals surface area contributed by atoms with Crippen LogP contribution in [0.15, 0.2) is 184 Å². The van der Waals surface area contributed by atoms with E-state index in [-0.39, 0.29) is 48.8 Å². The van der Waals surface area contributed by atoms with Gasteiger partial charge in [-0.25, -0.2) is 37.5 Å². The molecule has 5 aliphatic rings. The molecule has 135 heavy (non-hydrogen) atoms. The Morgan fingerprint density at radius 1 is 0.407 bits per heavy atom. The highest BCUT2D eigenvalue weighted by Crippen LogP contribution is 2.37. The molecule has 0 unspecified atom stereocenters. The SMILES string of the molecule is CCC(=O)Cc1ccccc1CSC(=N)N.Clc1cc(CSC2=NCN(CCC3CCCCC3)CN2)c(CSC2=NCN(CCC3CCCCC3)CN2)cc1Cl.N=C(N)SCc1ccccc1CC(=O)CCC1CCCCC1.N=C(N)SCc1ccccc1CC(=O)CCCc1ccccc1.NC(=Nc1ccc(F)cc1F)SCc1cc(Cl)c(Cl)cc1CSC(N)=Nc1ccc(F)cc1F. The van der Waals surface area contributed by atoms with E-state index >= 15 is 0 Å². The molecule has 34 heteroatoms. The van der Waals surface area contributed by atoms with Crippen LogP contribution in [0.4, 0.5) is 28.9 Å². The molecule has 0 saturated heterocycles. The normalized spacial score (nSPS) is 15.1. The fourth-order valence-corrected chi connectivity index (χ4v) is 21.7. The zero-order chi connectivity index (χ0) is 96.6. The van der Waals surface area contributed by atoms with Gasteiger partial charge in [-0.3, -0.25) is 40.4 Å². The van der Waals surface area contributed by atoms with Crippen molar-refractivity contribution in [2.75, 3.05) is 39.8 Å². The number of ketones is 3.